The molecule has 5 nitrogen and oxygen atoms in total. The minimum Gasteiger partial charge on any atom is -0.333 e. The van der Waals surface area contributed by atoms with E-state index in [4.69, 9.17) is 0 Å². The van der Waals surface area contributed by atoms with Gasteiger partial charge < -0.3 is 4.90 Å². The summed E-state index contributed by atoms with van der Waals surface area (Å²) in [7, 11) is 0. The van der Waals surface area contributed by atoms with Gasteiger partial charge in [0.25, 0.3) is 5.91 Å². The van der Waals surface area contributed by atoms with E-state index in [0.29, 0.717) is 4.88 Å². The van der Waals surface area contributed by atoms with Gasteiger partial charge in [0.2, 0.25) is 0 Å². The number of rotatable bonds is 4. The number of likely N-dealkylation sites (tertiary alicyclic amines) is 1. The molecular weight excluding hydrogens is 320 g/mol. The molecule has 1 amide bonds. The van der Waals surface area contributed by atoms with Gasteiger partial charge in [0.05, 0.1) is 18.8 Å². The Bertz CT molecular complexity index is 813. The smallest absolute Gasteiger partial charge is 0.265 e. The van der Waals surface area contributed by atoms with E-state index in [1.807, 2.05) is 52.2 Å². The first-order valence-corrected chi connectivity index (χ1v) is 8.92. The minimum atomic E-state index is 0.0873. The number of amides is 1. The Balaban J connectivity index is 1.52. The molecule has 2 aromatic heterocycles. The van der Waals surface area contributed by atoms with Crippen molar-refractivity contribution in [2.45, 2.75) is 25.4 Å². The van der Waals surface area contributed by atoms with Crippen molar-refractivity contribution in [3.05, 3.63) is 59.9 Å². The molecule has 1 aliphatic rings. The predicted octanol–water partition coefficient (Wildman–Crippen LogP) is 3.31. The number of carbonyl (C=O) groups is 1. The molecule has 4 rings (SSSR count). The number of nitrogens with zero attached hydrogens (tertiary/aromatic N) is 4. The molecule has 0 radical (unpaired) electrons. The van der Waals surface area contributed by atoms with E-state index in [-0.39, 0.29) is 11.9 Å². The first kappa shape index (κ1) is 15.1. The lowest BCUT2D eigenvalue weighted by Gasteiger charge is -2.24. The largest absolute Gasteiger partial charge is 0.333 e. The van der Waals surface area contributed by atoms with Crippen LogP contribution in [0.15, 0.2) is 55.0 Å². The van der Waals surface area contributed by atoms with Gasteiger partial charge in [0, 0.05) is 24.5 Å². The van der Waals surface area contributed by atoms with Crippen molar-refractivity contribution in [1.82, 2.24) is 19.7 Å². The number of carbonyl (C=O) groups excluding carboxylic acids is 1. The van der Waals surface area contributed by atoms with Gasteiger partial charge in [0.1, 0.15) is 9.88 Å². The summed E-state index contributed by atoms with van der Waals surface area (Å²) in [4.78, 5) is 20.0. The third-order valence-corrected chi connectivity index (χ3v) is 5.37. The summed E-state index contributed by atoms with van der Waals surface area (Å²) in [5.74, 6) is 0.0873. The fourth-order valence-corrected chi connectivity index (χ4v) is 4.02. The van der Waals surface area contributed by atoms with Crippen molar-refractivity contribution >= 4 is 17.2 Å². The zero-order chi connectivity index (χ0) is 16.4. The highest BCUT2D eigenvalue weighted by Crippen LogP contribution is 2.28. The van der Waals surface area contributed by atoms with Crippen LogP contribution in [-0.4, -0.2) is 38.2 Å². The lowest BCUT2D eigenvalue weighted by Crippen LogP contribution is -2.37. The quantitative estimate of drug-likeness (QED) is 0.733. The average molecular weight is 338 g/mol. The first-order chi connectivity index (χ1) is 11.8. The highest BCUT2D eigenvalue weighted by Gasteiger charge is 2.30. The molecule has 0 saturated carbocycles. The molecular formula is C18H18N4OS. The molecule has 0 unspecified atom stereocenters. The number of hydrogen-bond acceptors (Lipinski definition) is 4. The van der Waals surface area contributed by atoms with E-state index in [2.05, 4.69) is 10.1 Å². The summed E-state index contributed by atoms with van der Waals surface area (Å²) in [6.45, 7) is 1.56. The number of aromatic nitrogens is 3. The molecule has 122 valence electrons. The predicted molar refractivity (Wildman–Crippen MR) is 93.8 cm³/mol. The second-order valence-electron chi connectivity index (χ2n) is 5.92. The Hall–Kier alpha value is -2.47. The van der Waals surface area contributed by atoms with Gasteiger partial charge in [-0.25, -0.2) is 4.98 Å². The molecule has 0 spiro atoms. The number of hydrogen-bond donors (Lipinski definition) is 0. The Morgan fingerprint density at radius 1 is 1.25 bits per heavy atom. The van der Waals surface area contributed by atoms with E-state index in [1.165, 1.54) is 11.3 Å². The second-order valence-corrected chi connectivity index (χ2v) is 6.95. The fraction of sp³-hybridized carbons (Fsp3) is 0.278. The maximum atomic E-state index is 12.9. The van der Waals surface area contributed by atoms with Crippen LogP contribution in [0.25, 0.3) is 10.6 Å². The summed E-state index contributed by atoms with van der Waals surface area (Å²) >= 11 is 1.47. The van der Waals surface area contributed by atoms with Crippen LogP contribution in [0.3, 0.4) is 0 Å². The highest BCUT2D eigenvalue weighted by molar-refractivity contribution is 7.16. The van der Waals surface area contributed by atoms with E-state index in [0.717, 1.165) is 36.5 Å². The van der Waals surface area contributed by atoms with Crippen molar-refractivity contribution in [2.75, 3.05) is 6.54 Å². The van der Waals surface area contributed by atoms with Crippen LogP contribution in [-0.2, 0) is 6.54 Å². The maximum Gasteiger partial charge on any atom is 0.265 e. The maximum absolute atomic E-state index is 12.9. The molecule has 6 heteroatoms. The Morgan fingerprint density at radius 3 is 2.92 bits per heavy atom. The van der Waals surface area contributed by atoms with Gasteiger partial charge in [-0.15, -0.1) is 11.3 Å². The lowest BCUT2D eigenvalue weighted by atomic mass is 10.2. The molecule has 0 bridgehead atoms. The van der Waals surface area contributed by atoms with Crippen LogP contribution in [0.5, 0.6) is 0 Å². The van der Waals surface area contributed by atoms with Gasteiger partial charge in [0.15, 0.2) is 0 Å². The van der Waals surface area contributed by atoms with Crippen LogP contribution < -0.4 is 0 Å². The minimum absolute atomic E-state index is 0.0873. The van der Waals surface area contributed by atoms with Crippen molar-refractivity contribution in [3.8, 4) is 10.6 Å². The van der Waals surface area contributed by atoms with Crippen LogP contribution in [0.2, 0.25) is 0 Å². The summed E-state index contributed by atoms with van der Waals surface area (Å²) in [6, 6.07) is 12.1. The molecule has 1 saturated heterocycles. The molecule has 1 atom stereocenters. The van der Waals surface area contributed by atoms with Gasteiger partial charge in [-0.3, -0.25) is 9.48 Å². The third kappa shape index (κ3) is 2.97. The van der Waals surface area contributed by atoms with Crippen molar-refractivity contribution in [1.29, 1.82) is 0 Å². The number of thiazole rings is 1. The summed E-state index contributed by atoms with van der Waals surface area (Å²) in [6.07, 6.45) is 7.49. The van der Waals surface area contributed by atoms with E-state index < -0.39 is 0 Å². The van der Waals surface area contributed by atoms with Crippen molar-refractivity contribution in [3.63, 3.8) is 0 Å². The molecule has 1 aliphatic heterocycles. The highest BCUT2D eigenvalue weighted by atomic mass is 32.1. The van der Waals surface area contributed by atoms with Gasteiger partial charge in [-0.2, -0.15) is 5.10 Å². The zero-order valence-corrected chi connectivity index (χ0v) is 14.0. The molecule has 0 aliphatic carbocycles. The standard InChI is InChI=1S/C18H18N4OS/c23-18(16-12-19-17(24-16)14-6-2-1-3-7-14)22-11-4-8-15(22)13-21-10-5-9-20-21/h1-3,5-7,9-10,12,15H,4,8,11,13H2/t15-/m1/s1. The zero-order valence-electron chi connectivity index (χ0n) is 13.2. The van der Waals surface area contributed by atoms with Crippen LogP contribution >= 0.6 is 11.3 Å². The molecule has 24 heavy (non-hydrogen) atoms. The second kappa shape index (κ2) is 6.57. The van der Waals surface area contributed by atoms with Crippen LogP contribution in [0.4, 0.5) is 0 Å². The average Bonchev–Trinajstić information content (AvgIpc) is 3.37. The monoisotopic (exact) mass is 338 g/mol. The molecule has 3 aromatic rings. The Labute approximate surface area is 144 Å². The van der Waals surface area contributed by atoms with E-state index in [1.54, 1.807) is 12.4 Å². The van der Waals surface area contributed by atoms with E-state index >= 15 is 0 Å². The summed E-state index contributed by atoms with van der Waals surface area (Å²) < 4.78 is 1.90. The van der Waals surface area contributed by atoms with Crippen molar-refractivity contribution in [2.24, 2.45) is 0 Å². The fourth-order valence-electron chi connectivity index (χ4n) is 3.15. The Morgan fingerprint density at radius 2 is 2.12 bits per heavy atom. The SMILES string of the molecule is O=C(c1cnc(-c2ccccc2)s1)N1CCC[C@@H]1Cn1cccn1. The van der Waals surface area contributed by atoms with E-state index in [9.17, 15) is 4.79 Å². The first-order valence-electron chi connectivity index (χ1n) is 8.11. The van der Waals surface area contributed by atoms with Crippen molar-refractivity contribution < 1.29 is 4.79 Å². The van der Waals surface area contributed by atoms with Crippen LogP contribution in [0.1, 0.15) is 22.5 Å². The van der Waals surface area contributed by atoms with Crippen LogP contribution in [0, 0.1) is 0 Å². The molecule has 1 fully saturated rings. The summed E-state index contributed by atoms with van der Waals surface area (Å²) in [5, 5.41) is 5.15. The normalized spacial score (nSPS) is 17.3. The summed E-state index contributed by atoms with van der Waals surface area (Å²) in [5.41, 5.74) is 1.05. The third-order valence-electron chi connectivity index (χ3n) is 4.33. The van der Waals surface area contributed by atoms with Gasteiger partial charge in [-0.1, -0.05) is 30.3 Å². The Kier molecular flexibility index (Phi) is 4.13. The lowest BCUT2D eigenvalue weighted by molar-refractivity contribution is 0.0726. The van der Waals surface area contributed by atoms with Gasteiger partial charge in [-0.05, 0) is 18.9 Å². The topological polar surface area (TPSA) is 51.0 Å². The number of benzene rings is 1. The van der Waals surface area contributed by atoms with Gasteiger partial charge >= 0.3 is 0 Å². The molecule has 0 N–H and O–H groups in total. The molecule has 3 heterocycles. The molecule has 1 aromatic carbocycles.